The first-order chi connectivity index (χ1) is 9.68. The fourth-order valence-corrected chi connectivity index (χ4v) is 2.44. The van der Waals surface area contributed by atoms with Gasteiger partial charge in [0.2, 0.25) is 0 Å². The van der Waals surface area contributed by atoms with Crippen LogP contribution in [0.5, 0.6) is 0 Å². The van der Waals surface area contributed by atoms with Gasteiger partial charge in [-0.25, -0.2) is 4.98 Å². The number of carbonyl (C=O) groups is 1. The maximum atomic E-state index is 12.2. The number of aliphatic hydroxyl groups is 1. The van der Waals surface area contributed by atoms with Crippen LogP contribution in [0, 0.1) is 0 Å². The van der Waals surface area contributed by atoms with Gasteiger partial charge in [0.25, 0.3) is 5.91 Å². The van der Waals surface area contributed by atoms with Crippen molar-refractivity contribution in [2.75, 3.05) is 24.5 Å². The van der Waals surface area contributed by atoms with E-state index in [4.69, 9.17) is 0 Å². The third-order valence-corrected chi connectivity index (χ3v) is 3.49. The van der Waals surface area contributed by atoms with Crippen LogP contribution >= 0.6 is 0 Å². The summed E-state index contributed by atoms with van der Waals surface area (Å²) >= 11 is 0. The van der Waals surface area contributed by atoms with Crippen LogP contribution in [0.1, 0.15) is 43.0 Å². The van der Waals surface area contributed by atoms with Gasteiger partial charge in [0.05, 0.1) is 11.7 Å². The van der Waals surface area contributed by atoms with E-state index in [0.717, 1.165) is 31.7 Å². The highest BCUT2D eigenvalue weighted by Gasteiger charge is 2.18. The van der Waals surface area contributed by atoms with E-state index in [9.17, 15) is 9.90 Å². The molecular formula is C15H23N3O2. The van der Waals surface area contributed by atoms with Crippen LogP contribution in [0.4, 0.5) is 5.82 Å². The first-order valence-corrected chi connectivity index (χ1v) is 7.34. The predicted molar refractivity (Wildman–Crippen MR) is 78.9 cm³/mol. The van der Waals surface area contributed by atoms with Crippen molar-refractivity contribution in [3.05, 3.63) is 23.9 Å². The molecule has 2 rings (SSSR count). The molecule has 0 saturated carbocycles. The molecule has 110 valence electrons. The molecule has 0 spiro atoms. The minimum atomic E-state index is -0.544. The van der Waals surface area contributed by atoms with Gasteiger partial charge in [0.1, 0.15) is 5.82 Å². The predicted octanol–water partition coefficient (Wildman–Crippen LogP) is 1.57. The molecule has 5 heteroatoms. The molecule has 0 radical (unpaired) electrons. The van der Waals surface area contributed by atoms with Gasteiger partial charge in [0, 0.05) is 25.8 Å². The number of nitrogens with zero attached hydrogens (tertiary/aromatic N) is 2. The van der Waals surface area contributed by atoms with Crippen molar-refractivity contribution in [1.29, 1.82) is 0 Å². The summed E-state index contributed by atoms with van der Waals surface area (Å²) in [7, 11) is 0. The Balaban J connectivity index is 2.14. The molecule has 1 aromatic rings. The maximum Gasteiger partial charge on any atom is 0.255 e. The van der Waals surface area contributed by atoms with Crippen LogP contribution in [0.25, 0.3) is 0 Å². The van der Waals surface area contributed by atoms with E-state index < -0.39 is 6.10 Å². The van der Waals surface area contributed by atoms with E-state index in [1.54, 1.807) is 25.3 Å². The highest BCUT2D eigenvalue weighted by Crippen LogP contribution is 2.21. The van der Waals surface area contributed by atoms with Crippen molar-refractivity contribution >= 4 is 11.7 Å². The highest BCUT2D eigenvalue weighted by atomic mass is 16.3. The molecule has 1 aliphatic heterocycles. The molecule has 0 aromatic carbocycles. The highest BCUT2D eigenvalue weighted by molar-refractivity contribution is 5.98. The molecule has 1 unspecified atom stereocenters. The van der Waals surface area contributed by atoms with Crippen molar-refractivity contribution in [3.8, 4) is 0 Å². The Morgan fingerprint density at radius 1 is 1.40 bits per heavy atom. The number of rotatable bonds is 4. The Hall–Kier alpha value is -1.62. The van der Waals surface area contributed by atoms with Gasteiger partial charge < -0.3 is 15.3 Å². The van der Waals surface area contributed by atoms with Gasteiger partial charge in [-0.15, -0.1) is 0 Å². The SMILES string of the molecule is CC(O)CNC(=O)c1cccnc1N1CCCCCC1. The summed E-state index contributed by atoms with van der Waals surface area (Å²) in [6.45, 7) is 3.81. The van der Waals surface area contributed by atoms with Crippen LogP contribution in [-0.2, 0) is 0 Å². The number of aliphatic hydroxyl groups excluding tert-OH is 1. The van der Waals surface area contributed by atoms with Gasteiger partial charge in [-0.05, 0) is 31.9 Å². The summed E-state index contributed by atoms with van der Waals surface area (Å²) in [5, 5.41) is 12.0. The lowest BCUT2D eigenvalue weighted by Gasteiger charge is -2.23. The molecule has 1 aliphatic rings. The smallest absolute Gasteiger partial charge is 0.255 e. The van der Waals surface area contributed by atoms with Gasteiger partial charge in [-0.3, -0.25) is 4.79 Å². The quantitative estimate of drug-likeness (QED) is 0.877. The second-order valence-corrected chi connectivity index (χ2v) is 5.33. The molecule has 1 saturated heterocycles. The molecule has 1 amide bonds. The van der Waals surface area contributed by atoms with E-state index >= 15 is 0 Å². The summed E-state index contributed by atoms with van der Waals surface area (Å²) < 4.78 is 0. The average Bonchev–Trinajstić information content (AvgIpc) is 2.73. The molecule has 2 heterocycles. The Labute approximate surface area is 120 Å². The van der Waals surface area contributed by atoms with Crippen LogP contribution in [-0.4, -0.2) is 41.7 Å². The summed E-state index contributed by atoms with van der Waals surface area (Å²) in [6, 6.07) is 3.57. The number of hydrogen-bond acceptors (Lipinski definition) is 4. The lowest BCUT2D eigenvalue weighted by molar-refractivity contribution is 0.0924. The summed E-state index contributed by atoms with van der Waals surface area (Å²) in [4.78, 5) is 18.8. The summed E-state index contributed by atoms with van der Waals surface area (Å²) in [5.74, 6) is 0.593. The van der Waals surface area contributed by atoms with Crippen molar-refractivity contribution in [2.45, 2.75) is 38.7 Å². The van der Waals surface area contributed by atoms with E-state index in [-0.39, 0.29) is 12.5 Å². The lowest BCUT2D eigenvalue weighted by Crippen LogP contribution is -2.33. The number of anilines is 1. The number of amides is 1. The molecule has 20 heavy (non-hydrogen) atoms. The molecule has 1 aromatic heterocycles. The number of nitrogens with one attached hydrogen (secondary N) is 1. The minimum absolute atomic E-state index is 0.168. The zero-order valence-electron chi connectivity index (χ0n) is 12.0. The molecule has 0 aliphatic carbocycles. The Morgan fingerprint density at radius 2 is 2.10 bits per heavy atom. The van der Waals surface area contributed by atoms with Crippen molar-refractivity contribution in [3.63, 3.8) is 0 Å². The second kappa shape index (κ2) is 7.24. The average molecular weight is 277 g/mol. The van der Waals surface area contributed by atoms with Crippen LogP contribution in [0.15, 0.2) is 18.3 Å². The number of pyridine rings is 1. The van der Waals surface area contributed by atoms with E-state index in [0.29, 0.717) is 5.56 Å². The van der Waals surface area contributed by atoms with E-state index in [2.05, 4.69) is 15.2 Å². The Bertz CT molecular complexity index is 440. The Morgan fingerprint density at radius 3 is 2.75 bits per heavy atom. The van der Waals surface area contributed by atoms with Crippen LogP contribution in [0.3, 0.4) is 0 Å². The minimum Gasteiger partial charge on any atom is -0.392 e. The zero-order valence-corrected chi connectivity index (χ0v) is 12.0. The Kier molecular flexibility index (Phi) is 5.35. The van der Waals surface area contributed by atoms with Gasteiger partial charge in [-0.2, -0.15) is 0 Å². The first kappa shape index (κ1) is 14.8. The number of hydrogen-bond donors (Lipinski definition) is 2. The van der Waals surface area contributed by atoms with Crippen LogP contribution < -0.4 is 10.2 Å². The van der Waals surface area contributed by atoms with Crippen molar-refractivity contribution in [1.82, 2.24) is 10.3 Å². The molecule has 1 atom stereocenters. The van der Waals surface area contributed by atoms with Gasteiger partial charge >= 0.3 is 0 Å². The van der Waals surface area contributed by atoms with Crippen molar-refractivity contribution < 1.29 is 9.90 Å². The largest absolute Gasteiger partial charge is 0.392 e. The number of aromatic nitrogens is 1. The summed E-state index contributed by atoms with van der Waals surface area (Å²) in [5.41, 5.74) is 0.593. The molecule has 1 fully saturated rings. The molecule has 5 nitrogen and oxygen atoms in total. The monoisotopic (exact) mass is 277 g/mol. The number of carbonyl (C=O) groups excluding carboxylic acids is 1. The second-order valence-electron chi connectivity index (χ2n) is 5.33. The molecular weight excluding hydrogens is 254 g/mol. The third-order valence-electron chi connectivity index (χ3n) is 3.49. The fraction of sp³-hybridized carbons (Fsp3) is 0.600. The first-order valence-electron chi connectivity index (χ1n) is 7.34. The van der Waals surface area contributed by atoms with Crippen molar-refractivity contribution in [2.24, 2.45) is 0 Å². The maximum absolute atomic E-state index is 12.2. The standard InChI is InChI=1S/C15H23N3O2/c1-12(19)11-17-15(20)13-7-6-8-16-14(13)18-9-4-2-3-5-10-18/h6-8,12,19H,2-5,9-11H2,1H3,(H,17,20). The topological polar surface area (TPSA) is 65.5 Å². The zero-order chi connectivity index (χ0) is 14.4. The molecule has 2 N–H and O–H groups in total. The lowest BCUT2D eigenvalue weighted by atomic mass is 10.2. The normalized spacial score (nSPS) is 17.4. The third kappa shape index (κ3) is 3.93. The summed E-state index contributed by atoms with van der Waals surface area (Å²) in [6.07, 6.45) is 5.96. The molecule has 0 bridgehead atoms. The fourth-order valence-electron chi connectivity index (χ4n) is 2.44. The van der Waals surface area contributed by atoms with Gasteiger partial charge in [0.15, 0.2) is 0 Å². The van der Waals surface area contributed by atoms with Crippen LogP contribution in [0.2, 0.25) is 0 Å². The van der Waals surface area contributed by atoms with E-state index in [1.165, 1.54) is 12.8 Å². The van der Waals surface area contributed by atoms with E-state index in [1.807, 2.05) is 0 Å². The van der Waals surface area contributed by atoms with Gasteiger partial charge in [-0.1, -0.05) is 12.8 Å².